The van der Waals surface area contributed by atoms with Crippen LogP contribution in [-0.2, 0) is 6.54 Å². The van der Waals surface area contributed by atoms with Crippen LogP contribution < -0.4 is 15.6 Å². The lowest BCUT2D eigenvalue weighted by Gasteiger charge is -2.12. The molecule has 2 heterocycles. The molecule has 7 heteroatoms. The van der Waals surface area contributed by atoms with Crippen LogP contribution in [0.4, 0.5) is 0 Å². The molecule has 0 spiro atoms. The van der Waals surface area contributed by atoms with Gasteiger partial charge in [0.2, 0.25) is 0 Å². The number of fused-ring (bicyclic) bond motifs is 1. The predicted octanol–water partition coefficient (Wildman–Crippen LogP) is 2.72. The second kappa shape index (κ2) is 7.93. The number of rotatable bonds is 5. The summed E-state index contributed by atoms with van der Waals surface area (Å²) < 4.78 is 6.46. The second-order valence-corrected chi connectivity index (χ2v) is 6.32. The summed E-state index contributed by atoms with van der Waals surface area (Å²) in [6.07, 6.45) is 1.66. The van der Waals surface area contributed by atoms with Crippen molar-refractivity contribution in [1.82, 2.24) is 20.1 Å². The maximum absolute atomic E-state index is 13.0. The average molecular weight is 386 g/mol. The summed E-state index contributed by atoms with van der Waals surface area (Å²) in [6, 6.07) is 19.4. The molecule has 7 nitrogen and oxygen atoms in total. The number of aromatic nitrogens is 3. The van der Waals surface area contributed by atoms with Crippen LogP contribution in [0.25, 0.3) is 16.5 Å². The van der Waals surface area contributed by atoms with Gasteiger partial charge in [0.15, 0.2) is 5.69 Å². The molecule has 1 N–H and O–H groups in total. The minimum absolute atomic E-state index is 0.166. The Morgan fingerprint density at radius 3 is 2.59 bits per heavy atom. The van der Waals surface area contributed by atoms with Crippen molar-refractivity contribution in [2.75, 3.05) is 7.11 Å². The topological polar surface area (TPSA) is 86.1 Å². The van der Waals surface area contributed by atoms with Gasteiger partial charge in [-0.15, -0.1) is 0 Å². The Labute approximate surface area is 166 Å². The molecule has 0 radical (unpaired) electrons. The Morgan fingerprint density at radius 1 is 1.03 bits per heavy atom. The van der Waals surface area contributed by atoms with Gasteiger partial charge in [-0.1, -0.05) is 30.3 Å². The molecule has 2 aromatic carbocycles. The number of methoxy groups -OCH3 is 1. The SMILES string of the molecule is COc1cccc(-n2nc(C(=O)NCc3ccccn3)c3ccccc3c2=O)c1. The van der Waals surface area contributed by atoms with Gasteiger partial charge in [-0.2, -0.15) is 9.78 Å². The molecule has 29 heavy (non-hydrogen) atoms. The van der Waals surface area contributed by atoms with Crippen LogP contribution in [0.1, 0.15) is 16.2 Å². The Bertz CT molecular complexity index is 1240. The van der Waals surface area contributed by atoms with E-state index >= 15 is 0 Å². The van der Waals surface area contributed by atoms with Crippen molar-refractivity contribution < 1.29 is 9.53 Å². The summed E-state index contributed by atoms with van der Waals surface area (Å²) in [5.41, 5.74) is 1.10. The standard InChI is InChI=1S/C22H18N4O3/c1-29-17-9-6-8-16(13-17)26-22(28)19-11-3-2-10-18(19)20(25-26)21(27)24-14-15-7-4-5-12-23-15/h2-13H,14H2,1H3,(H,24,27). The molecule has 0 atom stereocenters. The number of hydrogen-bond acceptors (Lipinski definition) is 5. The molecule has 0 aliphatic rings. The number of amides is 1. The Hall–Kier alpha value is -4.00. The first-order valence-electron chi connectivity index (χ1n) is 9.02. The lowest BCUT2D eigenvalue weighted by Crippen LogP contribution is -2.30. The van der Waals surface area contributed by atoms with E-state index in [1.807, 2.05) is 18.2 Å². The predicted molar refractivity (Wildman–Crippen MR) is 109 cm³/mol. The van der Waals surface area contributed by atoms with E-state index in [0.717, 1.165) is 5.69 Å². The number of carbonyl (C=O) groups excluding carboxylic acids is 1. The molecule has 0 bridgehead atoms. The van der Waals surface area contributed by atoms with Gasteiger partial charge < -0.3 is 10.1 Å². The molecule has 144 valence electrons. The van der Waals surface area contributed by atoms with Crippen molar-refractivity contribution in [1.29, 1.82) is 0 Å². The highest BCUT2D eigenvalue weighted by Gasteiger charge is 2.17. The smallest absolute Gasteiger partial charge is 0.279 e. The molecule has 2 aromatic heterocycles. The third kappa shape index (κ3) is 3.70. The maximum atomic E-state index is 13.0. The molecule has 0 saturated carbocycles. The van der Waals surface area contributed by atoms with E-state index < -0.39 is 0 Å². The molecule has 1 amide bonds. The molecule has 4 rings (SSSR count). The maximum Gasteiger partial charge on any atom is 0.279 e. The quantitative estimate of drug-likeness (QED) is 0.570. The first-order valence-corrected chi connectivity index (χ1v) is 9.02. The number of benzene rings is 2. The molecule has 0 saturated heterocycles. The van der Waals surface area contributed by atoms with Gasteiger partial charge in [-0.25, -0.2) is 0 Å². The van der Waals surface area contributed by atoms with Crippen LogP contribution in [0, 0.1) is 0 Å². The lowest BCUT2D eigenvalue weighted by atomic mass is 10.1. The average Bonchev–Trinajstić information content (AvgIpc) is 2.78. The summed E-state index contributed by atoms with van der Waals surface area (Å²) in [5, 5.41) is 8.10. The molecular weight excluding hydrogens is 368 g/mol. The fraction of sp³-hybridized carbons (Fsp3) is 0.0909. The van der Waals surface area contributed by atoms with E-state index in [1.165, 1.54) is 4.68 Å². The zero-order valence-electron chi connectivity index (χ0n) is 15.7. The minimum Gasteiger partial charge on any atom is -0.497 e. The van der Waals surface area contributed by atoms with Crippen molar-refractivity contribution in [3.63, 3.8) is 0 Å². The lowest BCUT2D eigenvalue weighted by molar-refractivity contribution is 0.0945. The van der Waals surface area contributed by atoms with Gasteiger partial charge in [-0.05, 0) is 30.3 Å². The molecule has 0 aliphatic heterocycles. The normalized spacial score (nSPS) is 10.7. The Kier molecular flexibility index (Phi) is 5.03. The zero-order chi connectivity index (χ0) is 20.2. The van der Waals surface area contributed by atoms with Crippen LogP contribution >= 0.6 is 0 Å². The summed E-state index contributed by atoms with van der Waals surface area (Å²) in [5.74, 6) is 0.203. The number of carbonyl (C=O) groups is 1. The van der Waals surface area contributed by atoms with E-state index in [-0.39, 0.29) is 23.7 Å². The highest BCUT2D eigenvalue weighted by Crippen LogP contribution is 2.18. The van der Waals surface area contributed by atoms with E-state index in [1.54, 1.807) is 61.8 Å². The number of pyridine rings is 1. The van der Waals surface area contributed by atoms with Crippen molar-refractivity contribution in [3.05, 3.63) is 94.7 Å². The Balaban J connectivity index is 1.79. The van der Waals surface area contributed by atoms with Crippen LogP contribution in [-0.4, -0.2) is 27.8 Å². The van der Waals surface area contributed by atoms with Gasteiger partial charge in [0, 0.05) is 17.6 Å². The fourth-order valence-corrected chi connectivity index (χ4v) is 3.03. The largest absolute Gasteiger partial charge is 0.497 e. The van der Waals surface area contributed by atoms with Crippen molar-refractivity contribution in [2.45, 2.75) is 6.54 Å². The highest BCUT2D eigenvalue weighted by atomic mass is 16.5. The molecular formula is C22H18N4O3. The monoisotopic (exact) mass is 386 g/mol. The van der Waals surface area contributed by atoms with Crippen LogP contribution in [0.2, 0.25) is 0 Å². The van der Waals surface area contributed by atoms with E-state index in [0.29, 0.717) is 22.2 Å². The van der Waals surface area contributed by atoms with Crippen LogP contribution in [0.15, 0.2) is 77.7 Å². The second-order valence-electron chi connectivity index (χ2n) is 6.32. The van der Waals surface area contributed by atoms with E-state index in [9.17, 15) is 9.59 Å². The minimum atomic E-state index is -0.386. The summed E-state index contributed by atoms with van der Waals surface area (Å²) in [6.45, 7) is 0.258. The molecule has 0 fully saturated rings. The Morgan fingerprint density at radius 2 is 1.83 bits per heavy atom. The van der Waals surface area contributed by atoms with Crippen molar-refractivity contribution >= 4 is 16.7 Å². The van der Waals surface area contributed by atoms with Gasteiger partial charge in [-0.3, -0.25) is 14.6 Å². The summed E-state index contributed by atoms with van der Waals surface area (Å²) >= 11 is 0. The van der Waals surface area contributed by atoms with Gasteiger partial charge in [0.1, 0.15) is 5.75 Å². The van der Waals surface area contributed by atoms with E-state index in [4.69, 9.17) is 4.74 Å². The molecule has 0 unspecified atom stereocenters. The third-order valence-electron chi connectivity index (χ3n) is 4.47. The van der Waals surface area contributed by atoms with Gasteiger partial charge in [0.25, 0.3) is 11.5 Å². The third-order valence-corrected chi connectivity index (χ3v) is 4.47. The molecule has 4 aromatic rings. The van der Waals surface area contributed by atoms with E-state index in [2.05, 4.69) is 15.4 Å². The molecule has 0 aliphatic carbocycles. The van der Waals surface area contributed by atoms with Crippen molar-refractivity contribution in [3.8, 4) is 11.4 Å². The van der Waals surface area contributed by atoms with Gasteiger partial charge >= 0.3 is 0 Å². The number of ether oxygens (including phenoxy) is 1. The summed E-state index contributed by atoms with van der Waals surface area (Å²) in [4.78, 5) is 30.1. The first kappa shape index (κ1) is 18.4. The zero-order valence-corrected chi connectivity index (χ0v) is 15.7. The highest BCUT2D eigenvalue weighted by molar-refractivity contribution is 6.04. The number of nitrogens with zero attached hydrogens (tertiary/aromatic N) is 3. The van der Waals surface area contributed by atoms with Crippen molar-refractivity contribution in [2.24, 2.45) is 0 Å². The van der Waals surface area contributed by atoms with Crippen LogP contribution in [0.3, 0.4) is 0 Å². The van der Waals surface area contributed by atoms with Gasteiger partial charge in [0.05, 0.1) is 30.4 Å². The number of nitrogens with one attached hydrogen (secondary N) is 1. The first-order chi connectivity index (χ1) is 14.2. The fourth-order valence-electron chi connectivity index (χ4n) is 3.03. The summed E-state index contributed by atoms with van der Waals surface area (Å²) in [7, 11) is 1.55. The number of hydrogen-bond donors (Lipinski definition) is 1. The van der Waals surface area contributed by atoms with Crippen LogP contribution in [0.5, 0.6) is 5.75 Å².